The Morgan fingerprint density at radius 1 is 1.08 bits per heavy atom. The smallest absolute Gasteiger partial charge is 0.328 e. The first-order valence-corrected chi connectivity index (χ1v) is 9.80. The minimum Gasteiger partial charge on any atom is -0.461 e. The Morgan fingerprint density at radius 2 is 1.79 bits per heavy atom. The maximum Gasteiger partial charge on any atom is 0.328 e. The van der Waals surface area contributed by atoms with Crippen molar-refractivity contribution in [2.45, 2.75) is 96.2 Å². The van der Waals surface area contributed by atoms with Gasteiger partial charge in [0.25, 0.3) is 0 Å². The number of carbonyl (C=O) groups excluding carboxylic acids is 2. The second-order valence-electron chi connectivity index (χ2n) is 7.63. The van der Waals surface area contributed by atoms with Crippen molar-refractivity contribution in [1.29, 1.82) is 0 Å². The molecule has 1 amide bonds. The second-order valence-corrected chi connectivity index (χ2v) is 7.63. The van der Waals surface area contributed by atoms with Gasteiger partial charge in [0.1, 0.15) is 6.04 Å². The fourth-order valence-electron chi connectivity index (χ4n) is 3.79. The molecule has 0 bridgehead atoms. The Bertz CT molecular complexity index is 399. The van der Waals surface area contributed by atoms with Crippen LogP contribution in [0.3, 0.4) is 0 Å². The maximum absolute atomic E-state index is 12.5. The zero-order chi connectivity index (χ0) is 17.4. The predicted octanol–water partition coefficient (Wildman–Crippen LogP) is 2.93. The lowest BCUT2D eigenvalue weighted by Gasteiger charge is -2.27. The van der Waals surface area contributed by atoms with E-state index in [2.05, 4.69) is 10.6 Å². The van der Waals surface area contributed by atoms with Crippen LogP contribution in [0.1, 0.15) is 78.1 Å². The number of esters is 1. The molecule has 2 fully saturated rings. The van der Waals surface area contributed by atoms with E-state index in [9.17, 15) is 9.59 Å². The van der Waals surface area contributed by atoms with Crippen molar-refractivity contribution in [3.05, 3.63) is 0 Å². The molecule has 5 nitrogen and oxygen atoms in total. The fourth-order valence-corrected chi connectivity index (χ4v) is 3.79. The van der Waals surface area contributed by atoms with E-state index in [0.29, 0.717) is 12.3 Å². The lowest BCUT2D eigenvalue weighted by Crippen LogP contribution is -2.52. The van der Waals surface area contributed by atoms with Crippen LogP contribution in [0.4, 0.5) is 0 Å². The average Bonchev–Trinajstić information content (AvgIpc) is 2.59. The summed E-state index contributed by atoms with van der Waals surface area (Å²) >= 11 is 0. The van der Waals surface area contributed by atoms with Gasteiger partial charge >= 0.3 is 5.97 Å². The number of nitrogens with one attached hydrogen (secondary N) is 2. The summed E-state index contributed by atoms with van der Waals surface area (Å²) in [4.78, 5) is 24.9. The molecular weight excluding hydrogens is 304 g/mol. The first kappa shape index (κ1) is 19.2. The van der Waals surface area contributed by atoms with Gasteiger partial charge in [-0.3, -0.25) is 4.79 Å². The molecule has 1 aliphatic carbocycles. The van der Waals surface area contributed by atoms with Crippen LogP contribution in [0.25, 0.3) is 0 Å². The summed E-state index contributed by atoms with van der Waals surface area (Å²) < 4.78 is 5.37. The molecule has 5 heteroatoms. The van der Waals surface area contributed by atoms with Crippen LogP contribution >= 0.6 is 0 Å². The molecule has 2 aliphatic rings. The molecule has 1 aliphatic heterocycles. The number of ether oxygens (including phenoxy) is 1. The lowest BCUT2D eigenvalue weighted by atomic mass is 9.85. The molecule has 0 aromatic carbocycles. The quantitative estimate of drug-likeness (QED) is 0.701. The average molecular weight is 338 g/mol. The van der Waals surface area contributed by atoms with E-state index in [-0.39, 0.29) is 24.0 Å². The van der Waals surface area contributed by atoms with Crippen LogP contribution in [-0.2, 0) is 14.3 Å². The first-order chi connectivity index (χ1) is 11.6. The molecule has 0 unspecified atom stereocenters. The summed E-state index contributed by atoms with van der Waals surface area (Å²) in [7, 11) is 0. The summed E-state index contributed by atoms with van der Waals surface area (Å²) in [6.45, 7) is 4.57. The SMILES string of the molecule is CC(C)OC(=O)[C@H](CCC1CCCCC1)NC(=O)[C@@H]1CCCCN1. The van der Waals surface area contributed by atoms with E-state index in [1.54, 1.807) is 0 Å². The molecule has 1 saturated carbocycles. The monoisotopic (exact) mass is 338 g/mol. The van der Waals surface area contributed by atoms with Gasteiger partial charge in [0.05, 0.1) is 12.1 Å². The highest BCUT2D eigenvalue weighted by Gasteiger charge is 2.28. The summed E-state index contributed by atoms with van der Waals surface area (Å²) in [6.07, 6.45) is 11.0. The van der Waals surface area contributed by atoms with Crippen molar-refractivity contribution >= 4 is 11.9 Å². The number of rotatable bonds is 7. The predicted molar refractivity (Wildman–Crippen MR) is 94.6 cm³/mol. The molecule has 138 valence electrons. The van der Waals surface area contributed by atoms with Crippen LogP contribution in [0.5, 0.6) is 0 Å². The summed E-state index contributed by atoms with van der Waals surface area (Å²) in [5, 5.41) is 6.20. The minimum atomic E-state index is -0.509. The zero-order valence-electron chi connectivity index (χ0n) is 15.3. The van der Waals surface area contributed by atoms with Crippen LogP contribution in [0, 0.1) is 5.92 Å². The highest BCUT2D eigenvalue weighted by molar-refractivity contribution is 5.87. The third-order valence-corrected chi connectivity index (χ3v) is 5.17. The zero-order valence-corrected chi connectivity index (χ0v) is 15.3. The van der Waals surface area contributed by atoms with Crippen molar-refractivity contribution in [3.8, 4) is 0 Å². The van der Waals surface area contributed by atoms with Crippen LogP contribution in [0.2, 0.25) is 0 Å². The van der Waals surface area contributed by atoms with Crippen LogP contribution in [0.15, 0.2) is 0 Å². The van der Waals surface area contributed by atoms with Gasteiger partial charge in [-0.1, -0.05) is 38.5 Å². The Kier molecular flexibility index (Phi) is 8.03. The Labute approximate surface area is 146 Å². The molecule has 0 radical (unpaired) electrons. The fraction of sp³-hybridized carbons (Fsp3) is 0.895. The number of hydrogen-bond donors (Lipinski definition) is 2. The third kappa shape index (κ3) is 6.42. The van der Waals surface area contributed by atoms with Gasteiger partial charge in [-0.15, -0.1) is 0 Å². The normalized spacial score (nSPS) is 23.7. The van der Waals surface area contributed by atoms with Crippen LogP contribution in [-0.4, -0.2) is 36.6 Å². The van der Waals surface area contributed by atoms with E-state index in [1.165, 1.54) is 32.1 Å². The number of piperidine rings is 1. The molecule has 1 heterocycles. The third-order valence-electron chi connectivity index (χ3n) is 5.17. The second kappa shape index (κ2) is 10.0. The summed E-state index contributed by atoms with van der Waals surface area (Å²) in [5.41, 5.74) is 0. The van der Waals surface area contributed by atoms with E-state index in [1.807, 2.05) is 13.8 Å². The summed E-state index contributed by atoms with van der Waals surface area (Å²) in [6, 6.07) is -0.673. The molecule has 0 aromatic heterocycles. The lowest BCUT2D eigenvalue weighted by molar-refractivity contribution is -0.152. The van der Waals surface area contributed by atoms with E-state index in [4.69, 9.17) is 4.74 Å². The molecule has 2 N–H and O–H groups in total. The maximum atomic E-state index is 12.5. The number of hydrogen-bond acceptors (Lipinski definition) is 4. The van der Waals surface area contributed by atoms with Gasteiger partial charge in [-0.2, -0.15) is 0 Å². The van der Waals surface area contributed by atoms with Gasteiger partial charge in [-0.25, -0.2) is 4.79 Å². The van der Waals surface area contributed by atoms with E-state index >= 15 is 0 Å². The Balaban J connectivity index is 1.88. The highest BCUT2D eigenvalue weighted by atomic mass is 16.5. The standard InChI is InChI=1S/C19H34N2O3/c1-14(2)24-19(23)17(12-11-15-8-4-3-5-9-15)21-18(22)16-10-6-7-13-20-16/h14-17,20H,3-13H2,1-2H3,(H,21,22)/t16-,17-/m0/s1. The Morgan fingerprint density at radius 3 is 2.42 bits per heavy atom. The van der Waals surface area contributed by atoms with Crippen molar-refractivity contribution in [3.63, 3.8) is 0 Å². The van der Waals surface area contributed by atoms with Gasteiger partial charge in [0.2, 0.25) is 5.91 Å². The minimum absolute atomic E-state index is 0.0518. The van der Waals surface area contributed by atoms with E-state index < -0.39 is 6.04 Å². The van der Waals surface area contributed by atoms with E-state index in [0.717, 1.165) is 32.2 Å². The molecule has 2 atom stereocenters. The highest BCUT2D eigenvalue weighted by Crippen LogP contribution is 2.28. The molecule has 24 heavy (non-hydrogen) atoms. The van der Waals surface area contributed by atoms with Gasteiger partial charge < -0.3 is 15.4 Å². The first-order valence-electron chi connectivity index (χ1n) is 9.80. The molecule has 0 aromatic rings. The number of carbonyl (C=O) groups is 2. The molecule has 1 saturated heterocycles. The molecule has 2 rings (SSSR count). The number of amides is 1. The van der Waals surface area contributed by atoms with Crippen molar-refractivity contribution in [2.24, 2.45) is 5.92 Å². The Hall–Kier alpha value is -1.10. The van der Waals surface area contributed by atoms with Crippen molar-refractivity contribution in [1.82, 2.24) is 10.6 Å². The largest absolute Gasteiger partial charge is 0.461 e. The molecular formula is C19H34N2O3. The summed E-state index contributed by atoms with van der Waals surface area (Å²) in [5.74, 6) is 0.354. The van der Waals surface area contributed by atoms with Gasteiger partial charge in [0, 0.05) is 0 Å². The van der Waals surface area contributed by atoms with Crippen molar-refractivity contribution < 1.29 is 14.3 Å². The van der Waals surface area contributed by atoms with Gasteiger partial charge in [0.15, 0.2) is 0 Å². The molecule has 0 spiro atoms. The van der Waals surface area contributed by atoms with Gasteiger partial charge in [-0.05, 0) is 52.0 Å². The van der Waals surface area contributed by atoms with Crippen LogP contribution < -0.4 is 10.6 Å². The topological polar surface area (TPSA) is 67.4 Å². The van der Waals surface area contributed by atoms with Crippen molar-refractivity contribution in [2.75, 3.05) is 6.54 Å².